The molecule has 2 saturated heterocycles. The van der Waals surface area contributed by atoms with E-state index in [2.05, 4.69) is 16.3 Å². The van der Waals surface area contributed by atoms with Crippen LogP contribution in [0.25, 0.3) is 0 Å². The summed E-state index contributed by atoms with van der Waals surface area (Å²) < 4.78 is 5.41. The number of carbonyl (C=O) groups is 3. The summed E-state index contributed by atoms with van der Waals surface area (Å²) in [5.74, 6) is -0.587. The standard InChI is InChI=1S/C23H31N3O4/c27-21(9-10-26-22(28)19-7-3-4-8-20(19)23(26)29)24-15-17-5-1-2-6-18(17)16-25-11-13-30-14-12-25/h1-2,5-6,19-20H,3-4,7-16H2,(H,24,27)/t19-,20-/m0/s1. The second-order valence-electron chi connectivity index (χ2n) is 8.51. The molecule has 162 valence electrons. The van der Waals surface area contributed by atoms with Gasteiger partial charge < -0.3 is 10.1 Å². The summed E-state index contributed by atoms with van der Waals surface area (Å²) in [6.45, 7) is 4.83. The maximum atomic E-state index is 12.5. The number of imide groups is 1. The van der Waals surface area contributed by atoms with Crippen LogP contribution in [0, 0.1) is 11.8 Å². The molecule has 4 rings (SSSR count). The van der Waals surface area contributed by atoms with E-state index in [9.17, 15) is 14.4 Å². The van der Waals surface area contributed by atoms with Crippen molar-refractivity contribution in [2.45, 2.75) is 45.2 Å². The molecule has 3 fully saturated rings. The van der Waals surface area contributed by atoms with Gasteiger partial charge in [-0.15, -0.1) is 0 Å². The molecule has 30 heavy (non-hydrogen) atoms. The predicted molar refractivity (Wildman–Crippen MR) is 111 cm³/mol. The van der Waals surface area contributed by atoms with Gasteiger partial charge in [0.2, 0.25) is 17.7 Å². The lowest BCUT2D eigenvalue weighted by Gasteiger charge is -2.27. The summed E-state index contributed by atoms with van der Waals surface area (Å²) in [4.78, 5) is 41.2. The van der Waals surface area contributed by atoms with Crippen LogP contribution in [-0.2, 0) is 32.2 Å². The van der Waals surface area contributed by atoms with Crippen molar-refractivity contribution >= 4 is 17.7 Å². The van der Waals surface area contributed by atoms with Gasteiger partial charge in [-0.2, -0.15) is 0 Å². The molecule has 0 aromatic heterocycles. The van der Waals surface area contributed by atoms with Crippen LogP contribution in [-0.4, -0.2) is 60.4 Å². The fourth-order valence-electron chi connectivity index (χ4n) is 4.83. The third-order valence-electron chi connectivity index (χ3n) is 6.59. The number of fused-ring (bicyclic) bond motifs is 1. The van der Waals surface area contributed by atoms with Crippen LogP contribution in [0.4, 0.5) is 0 Å². The second kappa shape index (κ2) is 9.71. The van der Waals surface area contributed by atoms with Gasteiger partial charge in [0, 0.05) is 39.1 Å². The zero-order valence-corrected chi connectivity index (χ0v) is 17.5. The molecule has 1 N–H and O–H groups in total. The van der Waals surface area contributed by atoms with Gasteiger partial charge in [0.05, 0.1) is 25.0 Å². The van der Waals surface area contributed by atoms with Crippen LogP contribution in [0.3, 0.4) is 0 Å². The molecule has 0 bridgehead atoms. The molecule has 7 nitrogen and oxygen atoms in total. The minimum atomic E-state index is -0.152. The van der Waals surface area contributed by atoms with E-state index in [0.29, 0.717) is 6.54 Å². The number of hydrogen-bond acceptors (Lipinski definition) is 5. The molecule has 2 atom stereocenters. The van der Waals surface area contributed by atoms with E-state index < -0.39 is 0 Å². The van der Waals surface area contributed by atoms with E-state index in [4.69, 9.17) is 4.74 Å². The van der Waals surface area contributed by atoms with Crippen molar-refractivity contribution in [3.05, 3.63) is 35.4 Å². The van der Waals surface area contributed by atoms with E-state index in [0.717, 1.165) is 64.1 Å². The van der Waals surface area contributed by atoms with Crippen LogP contribution >= 0.6 is 0 Å². The van der Waals surface area contributed by atoms with Crippen molar-refractivity contribution in [2.24, 2.45) is 11.8 Å². The normalized spacial score (nSPS) is 24.7. The minimum absolute atomic E-state index is 0.0756. The zero-order valence-electron chi connectivity index (χ0n) is 17.5. The van der Waals surface area contributed by atoms with Gasteiger partial charge in [-0.25, -0.2) is 0 Å². The molecule has 1 aliphatic carbocycles. The Labute approximate surface area is 177 Å². The Morgan fingerprint density at radius 1 is 1.00 bits per heavy atom. The molecule has 1 aromatic rings. The van der Waals surface area contributed by atoms with E-state index in [1.807, 2.05) is 18.2 Å². The molecule has 1 aromatic carbocycles. The number of ether oxygens (including phenoxy) is 1. The van der Waals surface area contributed by atoms with Gasteiger partial charge in [-0.3, -0.25) is 24.2 Å². The summed E-state index contributed by atoms with van der Waals surface area (Å²) in [7, 11) is 0. The molecular weight excluding hydrogens is 382 g/mol. The van der Waals surface area contributed by atoms with Crippen molar-refractivity contribution in [2.75, 3.05) is 32.8 Å². The van der Waals surface area contributed by atoms with E-state index >= 15 is 0 Å². The SMILES string of the molecule is O=C(CCN1C(=O)[C@H]2CCCC[C@@H]2C1=O)NCc1ccccc1CN1CCOCC1. The fraction of sp³-hybridized carbons (Fsp3) is 0.609. The highest BCUT2D eigenvalue weighted by molar-refractivity contribution is 6.05. The summed E-state index contributed by atoms with van der Waals surface area (Å²) in [6, 6.07) is 8.13. The molecule has 0 unspecified atom stereocenters. The molecule has 2 heterocycles. The fourth-order valence-corrected chi connectivity index (χ4v) is 4.83. The first kappa shape index (κ1) is 21.0. The number of amides is 3. The highest BCUT2D eigenvalue weighted by atomic mass is 16.5. The van der Waals surface area contributed by atoms with Gasteiger partial charge >= 0.3 is 0 Å². The average molecular weight is 414 g/mol. The van der Waals surface area contributed by atoms with Crippen molar-refractivity contribution in [1.29, 1.82) is 0 Å². The van der Waals surface area contributed by atoms with Crippen LogP contribution in [0.2, 0.25) is 0 Å². The lowest BCUT2D eigenvalue weighted by molar-refractivity contribution is -0.140. The third-order valence-corrected chi connectivity index (χ3v) is 6.59. The van der Waals surface area contributed by atoms with Gasteiger partial charge in [0.15, 0.2) is 0 Å². The summed E-state index contributed by atoms with van der Waals surface area (Å²) >= 11 is 0. The van der Waals surface area contributed by atoms with Gasteiger partial charge in [-0.1, -0.05) is 37.1 Å². The molecule has 3 amide bonds. The Balaban J connectivity index is 1.27. The lowest BCUT2D eigenvalue weighted by Crippen LogP contribution is -2.36. The Kier molecular flexibility index (Phi) is 6.79. The number of nitrogens with one attached hydrogen (secondary N) is 1. The lowest BCUT2D eigenvalue weighted by atomic mass is 9.81. The Morgan fingerprint density at radius 3 is 2.30 bits per heavy atom. The minimum Gasteiger partial charge on any atom is -0.379 e. The van der Waals surface area contributed by atoms with Crippen molar-refractivity contribution in [3.63, 3.8) is 0 Å². The van der Waals surface area contributed by atoms with E-state index in [1.54, 1.807) is 0 Å². The van der Waals surface area contributed by atoms with Crippen LogP contribution in [0.1, 0.15) is 43.2 Å². The van der Waals surface area contributed by atoms with Crippen molar-refractivity contribution < 1.29 is 19.1 Å². The number of likely N-dealkylation sites (tertiary alicyclic amines) is 1. The average Bonchev–Trinajstić information content (AvgIpc) is 3.02. The molecule has 0 radical (unpaired) electrons. The number of hydrogen-bond donors (Lipinski definition) is 1. The van der Waals surface area contributed by atoms with Crippen LogP contribution < -0.4 is 5.32 Å². The van der Waals surface area contributed by atoms with Crippen molar-refractivity contribution in [1.82, 2.24) is 15.1 Å². The van der Waals surface area contributed by atoms with Gasteiger partial charge in [0.1, 0.15) is 0 Å². The number of benzene rings is 1. The van der Waals surface area contributed by atoms with E-state index in [1.165, 1.54) is 10.5 Å². The number of nitrogens with zero attached hydrogens (tertiary/aromatic N) is 2. The Hall–Kier alpha value is -2.25. The van der Waals surface area contributed by atoms with Crippen LogP contribution in [0.15, 0.2) is 24.3 Å². The smallest absolute Gasteiger partial charge is 0.233 e. The second-order valence-corrected chi connectivity index (χ2v) is 8.51. The van der Waals surface area contributed by atoms with Gasteiger partial charge in [0.25, 0.3) is 0 Å². The van der Waals surface area contributed by atoms with E-state index in [-0.39, 0.29) is 42.5 Å². The molecular formula is C23H31N3O4. The first-order chi connectivity index (χ1) is 14.6. The third kappa shape index (κ3) is 4.73. The summed E-state index contributed by atoms with van der Waals surface area (Å²) in [5.41, 5.74) is 2.30. The van der Waals surface area contributed by atoms with Gasteiger partial charge in [-0.05, 0) is 24.0 Å². The highest BCUT2D eigenvalue weighted by Gasteiger charge is 2.47. The largest absolute Gasteiger partial charge is 0.379 e. The quantitative estimate of drug-likeness (QED) is 0.689. The van der Waals surface area contributed by atoms with Crippen molar-refractivity contribution in [3.8, 4) is 0 Å². The topological polar surface area (TPSA) is 79.0 Å². The highest BCUT2D eigenvalue weighted by Crippen LogP contribution is 2.37. The molecule has 2 aliphatic heterocycles. The summed E-state index contributed by atoms with van der Waals surface area (Å²) in [6.07, 6.45) is 3.79. The maximum absolute atomic E-state index is 12.5. The zero-order chi connectivity index (χ0) is 20.9. The number of morpholine rings is 1. The molecule has 1 saturated carbocycles. The molecule has 0 spiro atoms. The number of carbonyl (C=O) groups excluding carboxylic acids is 3. The molecule has 7 heteroatoms. The Morgan fingerprint density at radius 2 is 1.63 bits per heavy atom. The summed E-state index contributed by atoms with van der Waals surface area (Å²) in [5, 5.41) is 2.96. The number of rotatable bonds is 7. The monoisotopic (exact) mass is 413 g/mol. The molecule has 3 aliphatic rings. The first-order valence-electron chi connectivity index (χ1n) is 11.1. The Bertz CT molecular complexity index is 766. The maximum Gasteiger partial charge on any atom is 0.233 e. The first-order valence-corrected chi connectivity index (χ1v) is 11.1. The predicted octanol–water partition coefficient (Wildman–Crippen LogP) is 1.70. The van der Waals surface area contributed by atoms with Crippen LogP contribution in [0.5, 0.6) is 0 Å².